The van der Waals surface area contributed by atoms with Crippen molar-refractivity contribution in [2.45, 2.75) is 18.4 Å². The smallest absolute Gasteiger partial charge is 0.407 e. The fourth-order valence-corrected chi connectivity index (χ4v) is 3.73. The number of fused-ring (bicyclic) bond motifs is 3. The minimum atomic E-state index is -1.55. The summed E-state index contributed by atoms with van der Waals surface area (Å²) in [6, 6.07) is 13.3. The van der Waals surface area contributed by atoms with Crippen molar-refractivity contribution in [2.24, 2.45) is 0 Å². The van der Waals surface area contributed by atoms with Crippen LogP contribution in [0, 0.1) is 0 Å². The van der Waals surface area contributed by atoms with E-state index in [0.29, 0.717) is 5.75 Å². The summed E-state index contributed by atoms with van der Waals surface area (Å²) >= 11 is 1.48. The Morgan fingerprint density at radius 3 is 2.23 bits per heavy atom. The molecule has 6 heteroatoms. The van der Waals surface area contributed by atoms with Crippen LogP contribution in [0.25, 0.3) is 11.1 Å². The third kappa shape index (κ3) is 3.90. The number of amides is 1. The largest absolute Gasteiger partial charge is 0.449 e. The maximum absolute atomic E-state index is 13.1. The molecule has 1 aliphatic carbocycles. The van der Waals surface area contributed by atoms with Gasteiger partial charge in [0.1, 0.15) is 12.6 Å². The Morgan fingerprint density at radius 2 is 1.69 bits per heavy atom. The molecule has 1 amide bonds. The summed E-state index contributed by atoms with van der Waals surface area (Å²) < 4.78 is 18.4. The topological polar surface area (TPSA) is 55.4 Å². The second-order valence-electron chi connectivity index (χ2n) is 6.11. The van der Waals surface area contributed by atoms with Crippen LogP contribution in [-0.4, -0.2) is 36.8 Å². The van der Waals surface area contributed by atoms with Gasteiger partial charge in [-0.3, -0.25) is 4.79 Å². The molecule has 0 bridgehead atoms. The minimum Gasteiger partial charge on any atom is -0.449 e. The monoisotopic (exact) mass is 373 g/mol. The number of alkyl carbamates (subject to hydrolysis) is 1. The SMILES string of the molecule is CSCC[C@H](NC(=O)OCC1c2ccccc2-c2ccccc21)C(=O)F. The summed E-state index contributed by atoms with van der Waals surface area (Å²) in [5.74, 6) is 0.503. The summed E-state index contributed by atoms with van der Waals surface area (Å²) in [5.41, 5.74) is 4.46. The predicted octanol–water partition coefficient (Wildman–Crippen LogP) is 4.14. The molecule has 136 valence electrons. The van der Waals surface area contributed by atoms with Crippen LogP contribution in [-0.2, 0) is 9.53 Å². The third-order valence-corrected chi connectivity index (χ3v) is 5.16. The lowest BCUT2D eigenvalue weighted by molar-refractivity contribution is -0.131. The summed E-state index contributed by atoms with van der Waals surface area (Å²) in [6.45, 7) is 0.135. The predicted molar refractivity (Wildman–Crippen MR) is 101 cm³/mol. The van der Waals surface area contributed by atoms with Gasteiger partial charge in [0.25, 0.3) is 0 Å². The Hall–Kier alpha value is -2.34. The van der Waals surface area contributed by atoms with Crippen LogP contribution in [0.15, 0.2) is 48.5 Å². The van der Waals surface area contributed by atoms with Gasteiger partial charge in [-0.05, 0) is 40.7 Å². The van der Waals surface area contributed by atoms with E-state index in [1.165, 1.54) is 11.8 Å². The fraction of sp³-hybridized carbons (Fsp3) is 0.300. The zero-order valence-electron chi connectivity index (χ0n) is 14.4. The van der Waals surface area contributed by atoms with Gasteiger partial charge in [-0.15, -0.1) is 0 Å². The first-order valence-electron chi connectivity index (χ1n) is 8.41. The number of rotatable bonds is 7. The second-order valence-corrected chi connectivity index (χ2v) is 7.09. The van der Waals surface area contributed by atoms with E-state index < -0.39 is 18.2 Å². The molecule has 0 aromatic heterocycles. The van der Waals surface area contributed by atoms with Gasteiger partial charge in [-0.1, -0.05) is 48.5 Å². The van der Waals surface area contributed by atoms with Crippen LogP contribution in [0.4, 0.5) is 9.18 Å². The summed E-state index contributed by atoms with van der Waals surface area (Å²) in [4.78, 5) is 23.1. The van der Waals surface area contributed by atoms with Crippen LogP contribution in [0.5, 0.6) is 0 Å². The van der Waals surface area contributed by atoms with E-state index in [1.807, 2.05) is 42.7 Å². The molecular formula is C20H20FNO3S. The van der Waals surface area contributed by atoms with Gasteiger partial charge in [-0.2, -0.15) is 16.2 Å². The first-order chi connectivity index (χ1) is 12.6. The number of nitrogens with one attached hydrogen (secondary N) is 1. The lowest BCUT2D eigenvalue weighted by atomic mass is 9.98. The number of hydrogen-bond donors (Lipinski definition) is 1. The average Bonchev–Trinajstić information content (AvgIpc) is 2.97. The quantitative estimate of drug-likeness (QED) is 0.741. The van der Waals surface area contributed by atoms with Crippen LogP contribution in [0.2, 0.25) is 0 Å². The van der Waals surface area contributed by atoms with E-state index in [9.17, 15) is 14.0 Å². The third-order valence-electron chi connectivity index (χ3n) is 4.52. The molecule has 1 aliphatic rings. The van der Waals surface area contributed by atoms with E-state index in [2.05, 4.69) is 17.4 Å². The van der Waals surface area contributed by atoms with Crippen molar-refractivity contribution in [3.05, 3.63) is 59.7 Å². The molecule has 4 nitrogen and oxygen atoms in total. The lowest BCUT2D eigenvalue weighted by Crippen LogP contribution is -2.40. The van der Waals surface area contributed by atoms with E-state index >= 15 is 0 Å². The number of hydrogen-bond acceptors (Lipinski definition) is 4. The Balaban J connectivity index is 1.68. The number of benzene rings is 2. The Kier molecular flexibility index (Phi) is 5.93. The normalized spacial score (nSPS) is 13.6. The van der Waals surface area contributed by atoms with Gasteiger partial charge in [-0.25, -0.2) is 4.79 Å². The molecule has 2 aromatic rings. The number of ether oxygens (including phenoxy) is 1. The molecule has 0 fully saturated rings. The average molecular weight is 373 g/mol. The Morgan fingerprint density at radius 1 is 1.12 bits per heavy atom. The molecule has 26 heavy (non-hydrogen) atoms. The molecule has 3 rings (SSSR count). The van der Waals surface area contributed by atoms with E-state index in [-0.39, 0.29) is 18.9 Å². The van der Waals surface area contributed by atoms with Crippen molar-refractivity contribution in [1.29, 1.82) is 0 Å². The van der Waals surface area contributed by atoms with E-state index in [0.717, 1.165) is 22.3 Å². The first kappa shape index (κ1) is 18.5. The van der Waals surface area contributed by atoms with Gasteiger partial charge in [0.05, 0.1) is 0 Å². The van der Waals surface area contributed by atoms with E-state index in [4.69, 9.17) is 4.74 Å². The molecule has 0 radical (unpaired) electrons. The number of thioether (sulfide) groups is 1. The minimum absolute atomic E-state index is 0.0705. The maximum Gasteiger partial charge on any atom is 0.407 e. The highest BCUT2D eigenvalue weighted by Gasteiger charge is 2.29. The molecule has 0 saturated carbocycles. The van der Waals surface area contributed by atoms with Crippen LogP contribution in [0.1, 0.15) is 23.5 Å². The van der Waals surface area contributed by atoms with Gasteiger partial charge in [0.15, 0.2) is 0 Å². The van der Waals surface area contributed by atoms with Crippen molar-refractivity contribution in [2.75, 3.05) is 18.6 Å². The molecule has 2 aromatic carbocycles. The summed E-state index contributed by atoms with van der Waals surface area (Å²) in [6.07, 6.45) is 1.32. The molecule has 0 heterocycles. The summed E-state index contributed by atoms with van der Waals surface area (Å²) in [5, 5.41) is 2.32. The van der Waals surface area contributed by atoms with Crippen molar-refractivity contribution in [1.82, 2.24) is 5.32 Å². The zero-order chi connectivity index (χ0) is 18.5. The van der Waals surface area contributed by atoms with Gasteiger partial charge >= 0.3 is 12.1 Å². The molecule has 0 aliphatic heterocycles. The van der Waals surface area contributed by atoms with Crippen LogP contribution < -0.4 is 5.32 Å². The van der Waals surface area contributed by atoms with E-state index in [1.54, 1.807) is 0 Å². The Bertz CT molecular complexity index is 766. The fourth-order valence-electron chi connectivity index (χ4n) is 3.26. The van der Waals surface area contributed by atoms with Crippen LogP contribution in [0.3, 0.4) is 0 Å². The number of carbonyl (C=O) groups is 2. The summed E-state index contributed by atoms with van der Waals surface area (Å²) in [7, 11) is 0. The number of carbonyl (C=O) groups excluding carboxylic acids is 2. The van der Waals surface area contributed by atoms with Gasteiger partial charge in [0.2, 0.25) is 0 Å². The molecule has 0 saturated heterocycles. The molecule has 1 atom stereocenters. The Labute approximate surface area is 156 Å². The van der Waals surface area contributed by atoms with Crippen molar-refractivity contribution >= 4 is 23.9 Å². The molecule has 1 N–H and O–H groups in total. The maximum atomic E-state index is 13.1. The number of halogens is 1. The van der Waals surface area contributed by atoms with Crippen molar-refractivity contribution in [3.8, 4) is 11.1 Å². The van der Waals surface area contributed by atoms with Gasteiger partial charge < -0.3 is 10.1 Å². The molecule has 0 spiro atoms. The second kappa shape index (κ2) is 8.36. The first-order valence-corrected chi connectivity index (χ1v) is 9.81. The van der Waals surface area contributed by atoms with Crippen LogP contribution >= 0.6 is 11.8 Å². The highest BCUT2D eigenvalue weighted by Crippen LogP contribution is 2.44. The zero-order valence-corrected chi connectivity index (χ0v) is 15.2. The standard InChI is InChI=1S/C20H20FNO3S/c1-26-11-10-18(19(21)23)22-20(24)25-12-17-15-8-4-2-6-13(15)14-7-3-5-9-16(14)17/h2-9,17-18H,10-12H2,1H3,(H,22,24)/t18-/m0/s1. The van der Waals surface area contributed by atoms with Gasteiger partial charge in [0, 0.05) is 5.92 Å². The molecular weight excluding hydrogens is 353 g/mol. The van der Waals surface area contributed by atoms with Crippen molar-refractivity contribution in [3.63, 3.8) is 0 Å². The molecule has 0 unspecified atom stereocenters. The highest BCUT2D eigenvalue weighted by molar-refractivity contribution is 7.98. The highest BCUT2D eigenvalue weighted by atomic mass is 32.2. The van der Waals surface area contributed by atoms with Crippen molar-refractivity contribution < 1.29 is 18.7 Å². The lowest BCUT2D eigenvalue weighted by Gasteiger charge is -2.17.